The largest absolute Gasteiger partial charge is 0.449 e. The first kappa shape index (κ1) is 11.7. The molecule has 4 nitrogen and oxygen atoms in total. The van der Waals surface area contributed by atoms with Crippen molar-refractivity contribution in [1.29, 1.82) is 0 Å². The van der Waals surface area contributed by atoms with Crippen LogP contribution in [-0.4, -0.2) is 18.9 Å². The number of halogens is 1. The van der Waals surface area contributed by atoms with Crippen molar-refractivity contribution in [2.75, 3.05) is 6.61 Å². The van der Waals surface area contributed by atoms with E-state index < -0.39 is 6.09 Å². The zero-order chi connectivity index (χ0) is 11.1. The first-order valence-corrected chi connectivity index (χ1v) is 5.23. The van der Waals surface area contributed by atoms with E-state index in [4.69, 9.17) is 0 Å². The summed E-state index contributed by atoms with van der Waals surface area (Å²) in [5, 5.41) is 3.72. The predicted molar refractivity (Wildman–Crippen MR) is 61.9 cm³/mol. The molecule has 1 aromatic rings. The van der Waals surface area contributed by atoms with Gasteiger partial charge in [-0.2, -0.15) is 5.10 Å². The van der Waals surface area contributed by atoms with Crippen LogP contribution in [0.3, 0.4) is 0 Å². The highest BCUT2D eigenvalue weighted by Crippen LogP contribution is 2.08. The number of hydrazone groups is 1. The molecule has 80 valence electrons. The highest BCUT2D eigenvalue weighted by molar-refractivity contribution is 9.10. The number of hydrogen-bond acceptors (Lipinski definition) is 3. The molecule has 1 rings (SSSR count). The van der Waals surface area contributed by atoms with Gasteiger partial charge in [0.2, 0.25) is 0 Å². The van der Waals surface area contributed by atoms with Gasteiger partial charge in [-0.05, 0) is 24.6 Å². The quantitative estimate of drug-likeness (QED) is 0.678. The third kappa shape index (κ3) is 4.60. The van der Waals surface area contributed by atoms with Crippen molar-refractivity contribution in [2.45, 2.75) is 6.92 Å². The van der Waals surface area contributed by atoms with Crippen LogP contribution in [0.15, 0.2) is 33.8 Å². The van der Waals surface area contributed by atoms with E-state index in [9.17, 15) is 4.79 Å². The Labute approximate surface area is 96.4 Å². The molecule has 15 heavy (non-hydrogen) atoms. The van der Waals surface area contributed by atoms with Gasteiger partial charge < -0.3 is 4.74 Å². The molecule has 0 fully saturated rings. The molecule has 1 N–H and O–H groups in total. The summed E-state index contributed by atoms with van der Waals surface area (Å²) in [6, 6.07) is 7.54. The number of amides is 1. The van der Waals surface area contributed by atoms with E-state index >= 15 is 0 Å². The summed E-state index contributed by atoms with van der Waals surface area (Å²) in [6.07, 6.45) is 0.995. The monoisotopic (exact) mass is 270 g/mol. The van der Waals surface area contributed by atoms with E-state index in [0.29, 0.717) is 6.61 Å². The average Bonchev–Trinajstić information content (AvgIpc) is 2.21. The summed E-state index contributed by atoms with van der Waals surface area (Å²) in [7, 11) is 0. The van der Waals surface area contributed by atoms with Crippen LogP contribution in [0, 0.1) is 0 Å². The summed E-state index contributed by atoms with van der Waals surface area (Å²) in [5.41, 5.74) is 3.14. The third-order valence-corrected chi connectivity index (χ3v) is 2.04. The van der Waals surface area contributed by atoms with Gasteiger partial charge in [-0.25, -0.2) is 10.2 Å². The molecule has 0 bridgehead atoms. The second kappa shape index (κ2) is 6.19. The first-order valence-electron chi connectivity index (χ1n) is 4.43. The normalized spacial score (nSPS) is 10.3. The van der Waals surface area contributed by atoms with Crippen molar-refractivity contribution >= 4 is 28.2 Å². The van der Waals surface area contributed by atoms with Crippen LogP contribution in [-0.2, 0) is 4.74 Å². The molecule has 0 atom stereocenters. The van der Waals surface area contributed by atoms with Gasteiger partial charge in [-0.15, -0.1) is 0 Å². The molecule has 1 aromatic carbocycles. The molecule has 0 aliphatic rings. The second-order valence-corrected chi connectivity index (χ2v) is 3.56. The molecule has 0 aliphatic carbocycles. The van der Waals surface area contributed by atoms with Gasteiger partial charge in [0, 0.05) is 4.47 Å². The number of nitrogens with zero attached hydrogens (tertiary/aromatic N) is 1. The number of hydrogen-bond donors (Lipinski definition) is 1. The van der Waals surface area contributed by atoms with E-state index in [1.54, 1.807) is 13.1 Å². The summed E-state index contributed by atoms with van der Waals surface area (Å²) < 4.78 is 5.63. The van der Waals surface area contributed by atoms with Gasteiger partial charge in [0.15, 0.2) is 0 Å². The van der Waals surface area contributed by atoms with Crippen LogP contribution in [0.2, 0.25) is 0 Å². The lowest BCUT2D eigenvalue weighted by Crippen LogP contribution is -2.18. The Balaban J connectivity index is 2.44. The van der Waals surface area contributed by atoms with Crippen LogP contribution < -0.4 is 5.43 Å². The van der Waals surface area contributed by atoms with Gasteiger partial charge in [0.1, 0.15) is 0 Å². The van der Waals surface area contributed by atoms with Gasteiger partial charge in [0.25, 0.3) is 0 Å². The number of benzene rings is 1. The lowest BCUT2D eigenvalue weighted by Gasteiger charge is -1.98. The third-order valence-electron chi connectivity index (χ3n) is 1.51. The molecule has 0 radical (unpaired) electrons. The number of rotatable bonds is 3. The molecule has 0 heterocycles. The zero-order valence-electron chi connectivity index (χ0n) is 8.24. The molecule has 0 saturated heterocycles. The fourth-order valence-electron chi connectivity index (χ4n) is 0.872. The Morgan fingerprint density at radius 3 is 2.80 bits per heavy atom. The van der Waals surface area contributed by atoms with E-state index in [1.807, 2.05) is 24.3 Å². The van der Waals surface area contributed by atoms with Crippen LogP contribution >= 0.6 is 15.9 Å². The Morgan fingerprint density at radius 2 is 2.20 bits per heavy atom. The van der Waals surface area contributed by atoms with Crippen molar-refractivity contribution in [2.24, 2.45) is 5.10 Å². The topological polar surface area (TPSA) is 50.7 Å². The van der Waals surface area contributed by atoms with Gasteiger partial charge >= 0.3 is 6.09 Å². The van der Waals surface area contributed by atoms with Crippen molar-refractivity contribution in [3.8, 4) is 0 Å². The highest BCUT2D eigenvalue weighted by Gasteiger charge is 1.95. The van der Waals surface area contributed by atoms with Crippen LogP contribution in [0.1, 0.15) is 12.5 Å². The lowest BCUT2D eigenvalue weighted by molar-refractivity contribution is 0.152. The molecule has 1 amide bonds. The molecule has 5 heteroatoms. The maximum Gasteiger partial charge on any atom is 0.427 e. The maximum atomic E-state index is 10.8. The van der Waals surface area contributed by atoms with Crippen LogP contribution in [0.4, 0.5) is 4.79 Å². The Morgan fingerprint density at radius 1 is 1.53 bits per heavy atom. The van der Waals surface area contributed by atoms with Gasteiger partial charge in [-0.1, -0.05) is 28.1 Å². The molecule has 0 aromatic heterocycles. The maximum absolute atomic E-state index is 10.8. The van der Waals surface area contributed by atoms with Gasteiger partial charge in [-0.3, -0.25) is 0 Å². The fourth-order valence-corrected chi connectivity index (χ4v) is 1.14. The highest BCUT2D eigenvalue weighted by atomic mass is 79.9. The fraction of sp³-hybridized carbons (Fsp3) is 0.200. The second-order valence-electron chi connectivity index (χ2n) is 2.64. The standard InChI is InChI=1S/C10H11BrN2O2/c1-2-15-10(14)13-12-7-8-3-5-9(11)6-4-8/h3-7H,2H2,1H3,(H,13,14)/b12-7+. The molecule has 0 saturated carbocycles. The van der Waals surface area contributed by atoms with E-state index in [-0.39, 0.29) is 0 Å². The summed E-state index contributed by atoms with van der Waals surface area (Å²) in [4.78, 5) is 10.8. The van der Waals surface area contributed by atoms with E-state index in [1.165, 1.54) is 0 Å². The Bertz CT molecular complexity index is 349. The number of carbonyl (C=O) groups excluding carboxylic acids is 1. The number of ether oxygens (including phenoxy) is 1. The van der Waals surface area contributed by atoms with Gasteiger partial charge in [0.05, 0.1) is 12.8 Å². The molecule has 0 unspecified atom stereocenters. The van der Waals surface area contributed by atoms with Crippen LogP contribution in [0.25, 0.3) is 0 Å². The van der Waals surface area contributed by atoms with E-state index in [2.05, 4.69) is 31.2 Å². The molecule has 0 aliphatic heterocycles. The van der Waals surface area contributed by atoms with Crippen molar-refractivity contribution < 1.29 is 9.53 Å². The summed E-state index contributed by atoms with van der Waals surface area (Å²) >= 11 is 3.32. The molecular formula is C10H11BrN2O2. The minimum absolute atomic E-state index is 0.333. The average molecular weight is 271 g/mol. The van der Waals surface area contributed by atoms with Crippen molar-refractivity contribution in [3.05, 3.63) is 34.3 Å². The summed E-state index contributed by atoms with van der Waals surface area (Å²) in [5.74, 6) is 0. The predicted octanol–water partition coefficient (Wildman–Crippen LogP) is 2.53. The van der Waals surface area contributed by atoms with E-state index in [0.717, 1.165) is 10.0 Å². The Kier molecular flexibility index (Phi) is 4.83. The SMILES string of the molecule is CCOC(=O)N/N=C/c1ccc(Br)cc1. The van der Waals surface area contributed by atoms with Crippen LogP contribution in [0.5, 0.6) is 0 Å². The number of nitrogens with one attached hydrogen (secondary N) is 1. The smallest absolute Gasteiger partial charge is 0.427 e. The minimum atomic E-state index is -0.550. The summed E-state index contributed by atoms with van der Waals surface area (Å²) in [6.45, 7) is 2.07. The minimum Gasteiger partial charge on any atom is -0.449 e. The molecule has 0 spiro atoms. The van der Waals surface area contributed by atoms with Crippen molar-refractivity contribution in [3.63, 3.8) is 0 Å². The number of carbonyl (C=O) groups is 1. The molecular weight excluding hydrogens is 260 g/mol. The Hall–Kier alpha value is -1.36. The van der Waals surface area contributed by atoms with Crippen molar-refractivity contribution in [1.82, 2.24) is 5.43 Å². The first-order chi connectivity index (χ1) is 7.22. The lowest BCUT2D eigenvalue weighted by atomic mass is 10.2. The zero-order valence-corrected chi connectivity index (χ0v) is 9.82.